The molecule has 0 saturated heterocycles. The number of anilines is 5. The molecule has 0 bridgehead atoms. The molecule has 2 heterocycles. The SMILES string of the molecule is Cc1cc(Cl)nc(NC(=O)Nc2ccccc2)n1.Cc1cc(NCCCO)nc(NC(=O)Nc2ccccc2)n1. The van der Waals surface area contributed by atoms with Crippen molar-refractivity contribution < 1.29 is 14.7 Å². The minimum absolute atomic E-state index is 0.113. The van der Waals surface area contributed by atoms with Crippen LogP contribution in [0.3, 0.4) is 0 Å². The Kier molecular flexibility index (Phi) is 11.6. The molecule has 2 aromatic carbocycles. The summed E-state index contributed by atoms with van der Waals surface area (Å²) < 4.78 is 0. The molecule has 0 spiro atoms. The van der Waals surface area contributed by atoms with Gasteiger partial charge in [0.15, 0.2) is 0 Å². The number of amides is 4. The molecule has 0 radical (unpaired) electrons. The summed E-state index contributed by atoms with van der Waals surface area (Å²) in [6.45, 7) is 4.30. The van der Waals surface area contributed by atoms with E-state index in [4.69, 9.17) is 16.7 Å². The third kappa shape index (κ3) is 10.9. The lowest BCUT2D eigenvalue weighted by atomic mass is 10.3. The lowest BCUT2D eigenvalue weighted by Crippen LogP contribution is -2.21. The quantitative estimate of drug-likeness (QED) is 0.124. The second-order valence-corrected chi connectivity index (χ2v) is 8.66. The lowest BCUT2D eigenvalue weighted by molar-refractivity contribution is 0.261. The smallest absolute Gasteiger partial charge is 0.326 e. The van der Waals surface area contributed by atoms with E-state index in [1.165, 1.54) is 0 Å². The van der Waals surface area contributed by atoms with Crippen molar-refractivity contribution in [2.75, 3.05) is 39.7 Å². The number of aromatic nitrogens is 4. The van der Waals surface area contributed by atoms with Crippen LogP contribution in [-0.2, 0) is 0 Å². The Hall–Kier alpha value is -4.81. The normalized spacial score (nSPS) is 10.0. The number of urea groups is 2. The summed E-state index contributed by atoms with van der Waals surface area (Å²) >= 11 is 5.77. The Morgan fingerprint density at radius 2 is 1.23 bits per heavy atom. The van der Waals surface area contributed by atoms with E-state index in [1.807, 2.05) is 43.3 Å². The van der Waals surface area contributed by atoms with Crippen molar-refractivity contribution in [3.05, 3.63) is 89.3 Å². The van der Waals surface area contributed by atoms with Gasteiger partial charge < -0.3 is 21.1 Å². The van der Waals surface area contributed by atoms with E-state index >= 15 is 0 Å². The average Bonchev–Trinajstić information content (AvgIpc) is 2.89. The lowest BCUT2D eigenvalue weighted by Gasteiger charge is -2.09. The fraction of sp³-hybridized carbons (Fsp3) is 0.185. The van der Waals surface area contributed by atoms with Crippen LogP contribution >= 0.6 is 11.6 Å². The fourth-order valence-electron chi connectivity index (χ4n) is 3.17. The van der Waals surface area contributed by atoms with E-state index in [0.717, 1.165) is 5.69 Å². The second kappa shape index (κ2) is 15.6. The molecule has 4 aromatic rings. The van der Waals surface area contributed by atoms with Crippen LogP contribution in [0.2, 0.25) is 5.15 Å². The van der Waals surface area contributed by atoms with E-state index in [2.05, 4.69) is 46.5 Å². The average molecular weight is 564 g/mol. The van der Waals surface area contributed by atoms with Gasteiger partial charge in [-0.3, -0.25) is 10.6 Å². The highest BCUT2D eigenvalue weighted by atomic mass is 35.5. The molecule has 4 rings (SSSR count). The number of carbonyl (C=O) groups is 2. The summed E-state index contributed by atoms with van der Waals surface area (Å²) in [5.74, 6) is 1.00. The number of aliphatic hydroxyl groups excluding tert-OH is 1. The van der Waals surface area contributed by atoms with Crippen LogP contribution in [0.15, 0.2) is 72.8 Å². The monoisotopic (exact) mass is 563 g/mol. The van der Waals surface area contributed by atoms with Gasteiger partial charge >= 0.3 is 12.1 Å². The van der Waals surface area contributed by atoms with E-state index < -0.39 is 12.1 Å². The molecule has 0 atom stereocenters. The summed E-state index contributed by atoms with van der Waals surface area (Å²) in [4.78, 5) is 39.9. The highest BCUT2D eigenvalue weighted by Gasteiger charge is 2.08. The number of carbonyl (C=O) groups excluding carboxylic acids is 2. The van der Waals surface area contributed by atoms with Gasteiger partial charge in [0.05, 0.1) is 0 Å². The number of para-hydroxylation sites is 2. The molecule has 2 aromatic heterocycles. The number of nitrogens with zero attached hydrogens (tertiary/aromatic N) is 4. The standard InChI is InChI=1S/C15H19N5O2.C12H11ClN4O/c1-11-10-13(16-8-5-9-21)19-14(17-11)20-15(22)18-12-6-3-2-4-7-12;1-8-7-10(13)16-11(14-8)17-12(18)15-9-5-3-2-4-6-9/h2-4,6-7,10,21H,5,8-9H2,1H3,(H3,16,17,18,19,20,22);2-7H,1H3,(H2,14,15,16,17,18). The third-order valence-electron chi connectivity index (χ3n) is 4.83. The molecule has 4 amide bonds. The molecule has 0 aliphatic carbocycles. The predicted molar refractivity (Wildman–Crippen MR) is 157 cm³/mol. The Bertz CT molecular complexity index is 1370. The van der Waals surface area contributed by atoms with Crippen molar-refractivity contribution in [3.8, 4) is 0 Å². The van der Waals surface area contributed by atoms with Gasteiger partial charge in [0, 0.05) is 42.0 Å². The van der Waals surface area contributed by atoms with Crippen LogP contribution in [-0.4, -0.2) is 50.3 Å². The number of nitrogens with one attached hydrogen (secondary N) is 5. The number of aryl methyl sites for hydroxylation is 2. The van der Waals surface area contributed by atoms with E-state index in [0.29, 0.717) is 35.9 Å². The maximum Gasteiger partial charge on any atom is 0.326 e. The van der Waals surface area contributed by atoms with Gasteiger partial charge in [-0.15, -0.1) is 0 Å². The maximum absolute atomic E-state index is 11.9. The minimum atomic E-state index is -0.414. The van der Waals surface area contributed by atoms with Crippen LogP contribution in [0, 0.1) is 13.8 Å². The molecular formula is C27H30ClN9O3. The molecule has 13 heteroatoms. The van der Waals surface area contributed by atoms with E-state index in [9.17, 15) is 9.59 Å². The van der Waals surface area contributed by atoms with Crippen LogP contribution in [0.1, 0.15) is 17.8 Å². The van der Waals surface area contributed by atoms with Crippen molar-refractivity contribution >= 4 is 52.8 Å². The third-order valence-corrected chi connectivity index (χ3v) is 5.03. The van der Waals surface area contributed by atoms with Gasteiger partial charge in [0.25, 0.3) is 0 Å². The first-order valence-corrected chi connectivity index (χ1v) is 12.7. The van der Waals surface area contributed by atoms with Gasteiger partial charge in [-0.05, 0) is 50.6 Å². The Morgan fingerprint density at radius 1 is 0.725 bits per heavy atom. The van der Waals surface area contributed by atoms with Crippen molar-refractivity contribution in [1.29, 1.82) is 0 Å². The topological polar surface area (TPSA) is 166 Å². The van der Waals surface area contributed by atoms with E-state index in [-0.39, 0.29) is 23.7 Å². The van der Waals surface area contributed by atoms with Crippen molar-refractivity contribution in [2.24, 2.45) is 0 Å². The summed E-state index contributed by atoms with van der Waals surface area (Å²) in [5.41, 5.74) is 2.80. The number of rotatable bonds is 8. The second-order valence-electron chi connectivity index (χ2n) is 8.27. The first-order chi connectivity index (χ1) is 19.3. The Balaban J connectivity index is 0.000000225. The number of benzene rings is 2. The molecule has 208 valence electrons. The molecule has 12 nitrogen and oxygen atoms in total. The zero-order valence-corrected chi connectivity index (χ0v) is 22.7. The van der Waals surface area contributed by atoms with Crippen LogP contribution in [0.5, 0.6) is 0 Å². The molecule has 40 heavy (non-hydrogen) atoms. The predicted octanol–water partition coefficient (Wildman–Crippen LogP) is 5.31. The van der Waals surface area contributed by atoms with Gasteiger partial charge in [-0.2, -0.15) is 4.98 Å². The van der Waals surface area contributed by atoms with Crippen LogP contribution < -0.4 is 26.6 Å². The molecule has 0 aliphatic rings. The van der Waals surface area contributed by atoms with Crippen molar-refractivity contribution in [1.82, 2.24) is 19.9 Å². The van der Waals surface area contributed by atoms with Gasteiger partial charge in [-0.25, -0.2) is 24.5 Å². The molecule has 0 unspecified atom stereocenters. The van der Waals surface area contributed by atoms with E-state index in [1.54, 1.807) is 43.3 Å². The van der Waals surface area contributed by atoms with Crippen LogP contribution in [0.25, 0.3) is 0 Å². The Labute approximate surface area is 236 Å². The molecular weight excluding hydrogens is 534 g/mol. The summed E-state index contributed by atoms with van der Waals surface area (Å²) in [6.07, 6.45) is 0.625. The van der Waals surface area contributed by atoms with Crippen molar-refractivity contribution in [2.45, 2.75) is 20.3 Å². The highest BCUT2D eigenvalue weighted by Crippen LogP contribution is 2.12. The molecule has 0 fully saturated rings. The number of aliphatic hydroxyl groups is 1. The summed E-state index contributed by atoms with van der Waals surface area (Å²) in [7, 11) is 0. The zero-order chi connectivity index (χ0) is 28.7. The first kappa shape index (κ1) is 29.7. The van der Waals surface area contributed by atoms with Crippen molar-refractivity contribution in [3.63, 3.8) is 0 Å². The fourth-order valence-corrected chi connectivity index (χ4v) is 3.41. The first-order valence-electron chi connectivity index (χ1n) is 12.3. The number of halogens is 1. The molecule has 0 saturated carbocycles. The summed E-state index contributed by atoms with van der Waals surface area (Å²) in [6, 6.07) is 20.8. The number of hydrogen-bond acceptors (Lipinski definition) is 8. The highest BCUT2D eigenvalue weighted by molar-refractivity contribution is 6.29. The van der Waals surface area contributed by atoms with Gasteiger partial charge in [0.1, 0.15) is 11.0 Å². The molecule has 6 N–H and O–H groups in total. The Morgan fingerprint density at radius 3 is 1.73 bits per heavy atom. The number of hydrogen-bond donors (Lipinski definition) is 6. The minimum Gasteiger partial charge on any atom is -0.396 e. The van der Waals surface area contributed by atoms with Crippen LogP contribution in [0.4, 0.5) is 38.7 Å². The van der Waals surface area contributed by atoms with Gasteiger partial charge in [-0.1, -0.05) is 48.0 Å². The maximum atomic E-state index is 11.9. The summed E-state index contributed by atoms with van der Waals surface area (Å²) in [5, 5.41) is 22.6. The van der Waals surface area contributed by atoms with Gasteiger partial charge in [0.2, 0.25) is 11.9 Å². The zero-order valence-electron chi connectivity index (χ0n) is 22.0. The largest absolute Gasteiger partial charge is 0.396 e. The molecule has 0 aliphatic heterocycles.